The smallest absolute Gasteiger partial charge is 0.207 e. The molecule has 0 spiro atoms. The maximum absolute atomic E-state index is 12.7. The van der Waals surface area contributed by atoms with E-state index in [4.69, 9.17) is 11.6 Å². The number of sulfonamides is 1. The first kappa shape index (κ1) is 16.8. The molecule has 1 aliphatic rings. The Labute approximate surface area is 133 Å². The van der Waals surface area contributed by atoms with Crippen LogP contribution in [0.15, 0.2) is 29.2 Å². The van der Waals surface area contributed by atoms with Gasteiger partial charge < -0.3 is 0 Å². The summed E-state index contributed by atoms with van der Waals surface area (Å²) in [4.78, 5) is 0.348. The van der Waals surface area contributed by atoms with Gasteiger partial charge in [-0.3, -0.25) is 0 Å². The number of rotatable bonds is 5. The Morgan fingerprint density at radius 3 is 2.48 bits per heavy atom. The number of halogens is 1. The first-order chi connectivity index (χ1) is 9.98. The van der Waals surface area contributed by atoms with Gasteiger partial charge in [-0.2, -0.15) is 4.31 Å². The lowest BCUT2D eigenvalue weighted by Crippen LogP contribution is -2.39. The molecular formula is C16H24ClNO2S. The summed E-state index contributed by atoms with van der Waals surface area (Å²) in [6, 6.07) is 7.05. The third-order valence-electron chi connectivity index (χ3n) is 4.64. The Kier molecular flexibility index (Phi) is 5.69. The minimum Gasteiger partial charge on any atom is -0.207 e. The normalized spacial score (nSPS) is 23.4. The molecule has 1 saturated carbocycles. The largest absolute Gasteiger partial charge is 0.243 e. The van der Waals surface area contributed by atoms with Crippen LogP contribution in [-0.2, 0) is 15.9 Å². The summed E-state index contributed by atoms with van der Waals surface area (Å²) >= 11 is 5.80. The lowest BCUT2D eigenvalue weighted by atomic mass is 9.85. The zero-order valence-electron chi connectivity index (χ0n) is 12.8. The maximum Gasteiger partial charge on any atom is 0.243 e. The summed E-state index contributed by atoms with van der Waals surface area (Å²) in [5.74, 6) is 1.09. The van der Waals surface area contributed by atoms with Crippen LogP contribution >= 0.6 is 11.6 Å². The van der Waals surface area contributed by atoms with Gasteiger partial charge >= 0.3 is 0 Å². The van der Waals surface area contributed by atoms with Crippen LogP contribution in [0.3, 0.4) is 0 Å². The zero-order chi connectivity index (χ0) is 15.5. The standard InChI is InChI=1S/C16H24ClNO2S/c1-3-13-7-9-15(10-8-13)18(2)21(19,20)16-6-4-5-14(11-16)12-17/h4-6,11,13,15H,3,7-10,12H2,1-2H3. The fourth-order valence-corrected chi connectivity index (χ4v) is 4.72. The van der Waals surface area contributed by atoms with Crippen molar-refractivity contribution in [3.8, 4) is 0 Å². The van der Waals surface area contributed by atoms with E-state index in [0.717, 1.165) is 37.2 Å². The molecule has 1 fully saturated rings. The van der Waals surface area contributed by atoms with Gasteiger partial charge in [0.25, 0.3) is 0 Å². The van der Waals surface area contributed by atoms with E-state index in [-0.39, 0.29) is 6.04 Å². The highest BCUT2D eigenvalue weighted by molar-refractivity contribution is 7.89. The van der Waals surface area contributed by atoms with Crippen LogP contribution in [-0.4, -0.2) is 25.8 Å². The van der Waals surface area contributed by atoms with Gasteiger partial charge in [-0.25, -0.2) is 8.42 Å². The van der Waals surface area contributed by atoms with Crippen molar-refractivity contribution in [1.29, 1.82) is 0 Å². The molecule has 0 amide bonds. The second-order valence-corrected chi connectivity index (χ2v) is 8.15. The average Bonchev–Trinajstić information content (AvgIpc) is 2.54. The molecule has 1 aliphatic carbocycles. The molecule has 0 N–H and O–H groups in total. The van der Waals surface area contributed by atoms with E-state index in [0.29, 0.717) is 10.8 Å². The first-order valence-corrected chi connectivity index (χ1v) is 9.59. The molecule has 0 saturated heterocycles. The molecule has 0 atom stereocenters. The molecule has 1 aromatic carbocycles. The van der Waals surface area contributed by atoms with Crippen molar-refractivity contribution in [2.45, 2.75) is 55.8 Å². The van der Waals surface area contributed by atoms with Crippen LogP contribution in [0.5, 0.6) is 0 Å². The lowest BCUT2D eigenvalue weighted by molar-refractivity contribution is 0.233. The molecular weight excluding hydrogens is 306 g/mol. The van der Waals surface area contributed by atoms with Crippen molar-refractivity contribution in [3.05, 3.63) is 29.8 Å². The fourth-order valence-electron chi connectivity index (χ4n) is 3.07. The number of nitrogens with zero attached hydrogens (tertiary/aromatic N) is 1. The molecule has 2 rings (SSSR count). The van der Waals surface area contributed by atoms with Crippen LogP contribution in [0, 0.1) is 5.92 Å². The Morgan fingerprint density at radius 1 is 1.24 bits per heavy atom. The summed E-state index contributed by atoms with van der Waals surface area (Å²) < 4.78 is 27.0. The van der Waals surface area contributed by atoms with Gasteiger partial charge in [0.2, 0.25) is 10.0 Å². The van der Waals surface area contributed by atoms with Gasteiger partial charge in [-0.05, 0) is 49.3 Å². The second-order valence-electron chi connectivity index (χ2n) is 5.89. The Balaban J connectivity index is 2.15. The van der Waals surface area contributed by atoms with Crippen molar-refractivity contribution in [3.63, 3.8) is 0 Å². The predicted octanol–water partition coefficient (Wildman–Crippen LogP) is 4.01. The molecule has 3 nitrogen and oxygen atoms in total. The quantitative estimate of drug-likeness (QED) is 0.765. The van der Waals surface area contributed by atoms with Crippen molar-refractivity contribution < 1.29 is 8.42 Å². The van der Waals surface area contributed by atoms with E-state index in [2.05, 4.69) is 6.92 Å². The van der Waals surface area contributed by atoms with E-state index in [1.54, 1.807) is 29.6 Å². The van der Waals surface area contributed by atoms with Gasteiger partial charge in [0.1, 0.15) is 0 Å². The van der Waals surface area contributed by atoms with Crippen LogP contribution in [0.2, 0.25) is 0 Å². The van der Waals surface area contributed by atoms with Gasteiger partial charge in [-0.15, -0.1) is 11.6 Å². The van der Waals surface area contributed by atoms with Gasteiger partial charge in [0.15, 0.2) is 0 Å². The van der Waals surface area contributed by atoms with Gasteiger partial charge in [0, 0.05) is 19.0 Å². The Hall–Kier alpha value is -0.580. The van der Waals surface area contributed by atoms with E-state index >= 15 is 0 Å². The molecule has 0 aliphatic heterocycles. The minimum atomic E-state index is -3.42. The molecule has 1 aromatic rings. The fraction of sp³-hybridized carbons (Fsp3) is 0.625. The number of hydrogen-bond donors (Lipinski definition) is 0. The van der Waals surface area contributed by atoms with Crippen molar-refractivity contribution in [2.24, 2.45) is 5.92 Å². The average molecular weight is 330 g/mol. The highest BCUT2D eigenvalue weighted by atomic mass is 35.5. The molecule has 5 heteroatoms. The van der Waals surface area contributed by atoms with E-state index in [1.807, 2.05) is 6.07 Å². The van der Waals surface area contributed by atoms with Crippen LogP contribution < -0.4 is 0 Å². The topological polar surface area (TPSA) is 37.4 Å². The summed E-state index contributed by atoms with van der Waals surface area (Å²) in [5, 5.41) is 0. The molecule has 0 radical (unpaired) electrons. The van der Waals surface area contributed by atoms with E-state index < -0.39 is 10.0 Å². The Bertz CT molecular complexity index is 565. The van der Waals surface area contributed by atoms with Crippen LogP contribution in [0.4, 0.5) is 0 Å². The number of hydrogen-bond acceptors (Lipinski definition) is 2. The highest BCUT2D eigenvalue weighted by Crippen LogP contribution is 2.31. The molecule has 0 heterocycles. The molecule has 0 aromatic heterocycles. The summed E-state index contributed by atoms with van der Waals surface area (Å²) in [6.07, 6.45) is 5.37. The molecule has 21 heavy (non-hydrogen) atoms. The number of benzene rings is 1. The highest BCUT2D eigenvalue weighted by Gasteiger charge is 2.31. The molecule has 0 bridgehead atoms. The minimum absolute atomic E-state index is 0.123. The predicted molar refractivity (Wildman–Crippen MR) is 87.0 cm³/mol. The summed E-state index contributed by atoms with van der Waals surface area (Å²) in [5.41, 5.74) is 0.834. The van der Waals surface area contributed by atoms with Crippen molar-refractivity contribution >= 4 is 21.6 Å². The summed E-state index contributed by atoms with van der Waals surface area (Å²) in [6.45, 7) is 2.21. The Morgan fingerprint density at radius 2 is 1.90 bits per heavy atom. The third-order valence-corrected chi connectivity index (χ3v) is 6.85. The van der Waals surface area contributed by atoms with Crippen LogP contribution in [0.25, 0.3) is 0 Å². The third kappa shape index (κ3) is 3.79. The zero-order valence-corrected chi connectivity index (χ0v) is 14.3. The SMILES string of the molecule is CCC1CCC(N(C)S(=O)(=O)c2cccc(CCl)c2)CC1. The van der Waals surface area contributed by atoms with Gasteiger partial charge in [0.05, 0.1) is 4.90 Å². The van der Waals surface area contributed by atoms with E-state index in [9.17, 15) is 8.42 Å². The van der Waals surface area contributed by atoms with Crippen LogP contribution in [0.1, 0.15) is 44.6 Å². The van der Waals surface area contributed by atoms with Crippen molar-refractivity contribution in [2.75, 3.05) is 7.05 Å². The maximum atomic E-state index is 12.7. The number of alkyl halides is 1. The monoisotopic (exact) mass is 329 g/mol. The van der Waals surface area contributed by atoms with Gasteiger partial charge in [-0.1, -0.05) is 25.5 Å². The second kappa shape index (κ2) is 7.12. The lowest BCUT2D eigenvalue weighted by Gasteiger charge is -2.33. The molecule has 118 valence electrons. The van der Waals surface area contributed by atoms with E-state index in [1.165, 1.54) is 6.42 Å². The molecule has 0 unspecified atom stereocenters. The van der Waals surface area contributed by atoms with Crippen molar-refractivity contribution in [1.82, 2.24) is 4.31 Å². The first-order valence-electron chi connectivity index (χ1n) is 7.62. The summed E-state index contributed by atoms with van der Waals surface area (Å²) in [7, 11) is -1.71.